The average Bonchev–Trinajstić information content (AvgIpc) is 1.85. The summed E-state index contributed by atoms with van der Waals surface area (Å²) in [6.07, 6.45) is 0.0182. The normalized spacial score (nSPS) is 18.0. The third-order valence-electron chi connectivity index (χ3n) is 1.76. The summed E-state index contributed by atoms with van der Waals surface area (Å²) in [5.74, 6) is 0. The molecule has 3 heteroatoms. The molecule has 0 aliphatic heterocycles. The maximum absolute atomic E-state index is 9.50. The molecule has 0 aliphatic carbocycles. The fraction of sp³-hybridized carbons (Fsp3) is 1.00. The largest absolute Gasteiger partial charge is 0.395 e. The Morgan fingerprint density at radius 3 is 2.09 bits per heavy atom. The highest BCUT2D eigenvalue weighted by molar-refractivity contribution is 4.76. The van der Waals surface area contributed by atoms with Gasteiger partial charge in [-0.15, -0.1) is 0 Å². The maximum Gasteiger partial charge on any atom is 0.0604 e. The molecule has 0 aromatic carbocycles. The highest BCUT2D eigenvalue weighted by atomic mass is 16.3. The Bertz CT molecular complexity index is 109. The average molecular weight is 161 g/mol. The molecule has 0 bridgehead atoms. The van der Waals surface area contributed by atoms with E-state index < -0.39 is 6.10 Å². The Kier molecular flexibility index (Phi) is 4.00. The fourth-order valence-corrected chi connectivity index (χ4v) is 0.715. The minimum Gasteiger partial charge on any atom is -0.395 e. The lowest BCUT2D eigenvalue weighted by Crippen LogP contribution is -2.35. The summed E-state index contributed by atoms with van der Waals surface area (Å²) in [6.45, 7) is 5.78. The van der Waals surface area contributed by atoms with Gasteiger partial charge >= 0.3 is 0 Å². The molecule has 2 atom stereocenters. The van der Waals surface area contributed by atoms with Gasteiger partial charge in [0.15, 0.2) is 0 Å². The molecule has 0 aromatic rings. The zero-order valence-electron chi connectivity index (χ0n) is 7.54. The molecule has 3 nitrogen and oxygen atoms in total. The van der Waals surface area contributed by atoms with Crippen LogP contribution in [0.5, 0.6) is 0 Å². The first-order valence-corrected chi connectivity index (χ1v) is 3.92. The Labute approximate surface area is 68.2 Å². The predicted octanol–water partition coefficient (Wildman–Crippen LogP) is 0.103. The third-order valence-corrected chi connectivity index (χ3v) is 1.76. The molecule has 4 N–H and O–H groups in total. The predicted molar refractivity (Wildman–Crippen MR) is 45.1 cm³/mol. The van der Waals surface area contributed by atoms with Crippen LogP contribution in [-0.4, -0.2) is 29.0 Å². The highest BCUT2D eigenvalue weighted by Gasteiger charge is 2.23. The Morgan fingerprint density at radius 2 is 1.82 bits per heavy atom. The highest BCUT2D eigenvalue weighted by Crippen LogP contribution is 2.21. The monoisotopic (exact) mass is 161 g/mol. The Hall–Kier alpha value is -0.120. The lowest BCUT2D eigenvalue weighted by atomic mass is 9.86. The van der Waals surface area contributed by atoms with E-state index in [1.54, 1.807) is 0 Å². The molecule has 0 amide bonds. The van der Waals surface area contributed by atoms with E-state index >= 15 is 0 Å². The number of aliphatic hydroxyl groups is 2. The molecule has 0 saturated carbocycles. The van der Waals surface area contributed by atoms with Gasteiger partial charge in [-0.2, -0.15) is 0 Å². The van der Waals surface area contributed by atoms with Gasteiger partial charge in [-0.3, -0.25) is 0 Å². The van der Waals surface area contributed by atoms with Crippen molar-refractivity contribution < 1.29 is 10.2 Å². The van der Waals surface area contributed by atoms with Crippen LogP contribution in [0, 0.1) is 5.41 Å². The van der Waals surface area contributed by atoms with E-state index in [9.17, 15) is 5.11 Å². The van der Waals surface area contributed by atoms with E-state index in [2.05, 4.69) is 0 Å². The standard InChI is InChI=1S/C8H19NO2/c1-8(2,3)7(11)4-6(9)5-10/h6-7,10-11H,4-5,9H2,1-3H3/t6-,7-/m0/s1. The van der Waals surface area contributed by atoms with Crippen molar-refractivity contribution in [1.82, 2.24) is 0 Å². The lowest BCUT2D eigenvalue weighted by Gasteiger charge is -2.27. The van der Waals surface area contributed by atoms with Crippen LogP contribution in [0.25, 0.3) is 0 Å². The summed E-state index contributed by atoms with van der Waals surface area (Å²) < 4.78 is 0. The van der Waals surface area contributed by atoms with Crippen LogP contribution in [0.2, 0.25) is 0 Å². The van der Waals surface area contributed by atoms with Crippen molar-refractivity contribution in [1.29, 1.82) is 0 Å². The van der Waals surface area contributed by atoms with E-state index in [0.29, 0.717) is 6.42 Å². The third kappa shape index (κ3) is 4.35. The van der Waals surface area contributed by atoms with Crippen molar-refractivity contribution in [2.45, 2.75) is 39.3 Å². The van der Waals surface area contributed by atoms with Crippen LogP contribution in [0.3, 0.4) is 0 Å². The first kappa shape index (κ1) is 10.9. The SMILES string of the molecule is CC(C)(C)[C@@H](O)C[C@H](N)CO. The van der Waals surface area contributed by atoms with E-state index in [4.69, 9.17) is 10.8 Å². The quantitative estimate of drug-likeness (QED) is 0.550. The molecule has 0 rings (SSSR count). The first-order chi connectivity index (χ1) is 4.88. The topological polar surface area (TPSA) is 66.5 Å². The first-order valence-electron chi connectivity index (χ1n) is 3.92. The summed E-state index contributed by atoms with van der Waals surface area (Å²) in [4.78, 5) is 0. The number of nitrogens with two attached hydrogens (primary N) is 1. The van der Waals surface area contributed by atoms with Gasteiger partial charge in [0.25, 0.3) is 0 Å². The maximum atomic E-state index is 9.50. The molecule has 0 fully saturated rings. The Balaban J connectivity index is 3.77. The van der Waals surface area contributed by atoms with E-state index in [0.717, 1.165) is 0 Å². The summed E-state index contributed by atoms with van der Waals surface area (Å²) in [5, 5.41) is 18.1. The molecule has 11 heavy (non-hydrogen) atoms. The van der Waals surface area contributed by atoms with Crippen LogP contribution in [-0.2, 0) is 0 Å². The number of rotatable bonds is 3. The van der Waals surface area contributed by atoms with Crippen LogP contribution in [0.4, 0.5) is 0 Å². The van der Waals surface area contributed by atoms with Crippen LogP contribution in [0.15, 0.2) is 0 Å². The van der Waals surface area contributed by atoms with Crippen LogP contribution in [0.1, 0.15) is 27.2 Å². The molecule has 0 aromatic heterocycles. The van der Waals surface area contributed by atoms with Crippen molar-refractivity contribution in [2.24, 2.45) is 11.1 Å². The van der Waals surface area contributed by atoms with Crippen LogP contribution >= 0.6 is 0 Å². The molecule has 0 aliphatic rings. The summed E-state index contributed by atoms with van der Waals surface area (Å²) in [7, 11) is 0. The van der Waals surface area contributed by atoms with Gasteiger partial charge < -0.3 is 15.9 Å². The van der Waals surface area contributed by atoms with Gasteiger partial charge in [0.05, 0.1) is 12.7 Å². The number of hydrogen-bond acceptors (Lipinski definition) is 3. The molecule has 0 spiro atoms. The van der Waals surface area contributed by atoms with Gasteiger partial charge in [0.1, 0.15) is 0 Å². The van der Waals surface area contributed by atoms with Gasteiger partial charge in [-0.1, -0.05) is 20.8 Å². The number of aliphatic hydroxyl groups excluding tert-OH is 2. The van der Waals surface area contributed by atoms with Crippen molar-refractivity contribution in [3.05, 3.63) is 0 Å². The molecular weight excluding hydrogens is 142 g/mol. The minimum absolute atomic E-state index is 0.0624. The molecule has 0 heterocycles. The molecule has 0 unspecified atom stereocenters. The summed E-state index contributed by atoms with van der Waals surface area (Å²) >= 11 is 0. The number of hydrogen-bond donors (Lipinski definition) is 3. The van der Waals surface area contributed by atoms with Crippen molar-refractivity contribution >= 4 is 0 Å². The molecule has 0 saturated heterocycles. The van der Waals surface area contributed by atoms with Crippen molar-refractivity contribution in [2.75, 3.05) is 6.61 Å². The minimum atomic E-state index is -0.440. The van der Waals surface area contributed by atoms with Gasteiger partial charge in [0.2, 0.25) is 0 Å². The summed E-state index contributed by atoms with van der Waals surface area (Å²) in [6, 6.07) is -0.302. The van der Waals surface area contributed by atoms with Crippen molar-refractivity contribution in [3.8, 4) is 0 Å². The van der Waals surface area contributed by atoms with Crippen molar-refractivity contribution in [3.63, 3.8) is 0 Å². The van der Waals surface area contributed by atoms with E-state index in [1.807, 2.05) is 20.8 Å². The zero-order valence-corrected chi connectivity index (χ0v) is 7.54. The lowest BCUT2D eigenvalue weighted by molar-refractivity contribution is 0.0439. The molecule has 68 valence electrons. The second-order valence-electron chi connectivity index (χ2n) is 4.06. The second kappa shape index (κ2) is 4.04. The van der Waals surface area contributed by atoms with Crippen LogP contribution < -0.4 is 5.73 Å². The van der Waals surface area contributed by atoms with Gasteiger partial charge in [-0.25, -0.2) is 0 Å². The van der Waals surface area contributed by atoms with E-state index in [-0.39, 0.29) is 18.1 Å². The van der Waals surface area contributed by atoms with Gasteiger partial charge in [-0.05, 0) is 11.8 Å². The fourth-order valence-electron chi connectivity index (χ4n) is 0.715. The summed E-state index contributed by atoms with van der Waals surface area (Å²) in [5.41, 5.74) is 5.31. The smallest absolute Gasteiger partial charge is 0.0604 e. The molecule has 0 radical (unpaired) electrons. The van der Waals surface area contributed by atoms with E-state index in [1.165, 1.54) is 0 Å². The zero-order chi connectivity index (χ0) is 9.07. The van der Waals surface area contributed by atoms with Gasteiger partial charge in [0, 0.05) is 6.04 Å². The second-order valence-corrected chi connectivity index (χ2v) is 4.06. The molecular formula is C8H19NO2. The Morgan fingerprint density at radius 1 is 1.36 bits per heavy atom.